The van der Waals surface area contributed by atoms with Crippen molar-refractivity contribution in [1.82, 2.24) is 4.98 Å². The molecular weight excluding hydrogens is 414 g/mol. The van der Waals surface area contributed by atoms with E-state index in [1.165, 1.54) is 48.6 Å². The van der Waals surface area contributed by atoms with Crippen LogP contribution in [-0.4, -0.2) is 4.98 Å². The maximum atomic E-state index is 6.60. The van der Waals surface area contributed by atoms with Crippen LogP contribution in [0.3, 0.4) is 0 Å². The van der Waals surface area contributed by atoms with E-state index in [1.54, 1.807) is 0 Å². The predicted octanol–water partition coefficient (Wildman–Crippen LogP) is 9.19. The molecule has 158 valence electrons. The molecular formula is C32H19NO. The first-order valence-corrected chi connectivity index (χ1v) is 11.6. The number of aromatic nitrogens is 1. The van der Waals surface area contributed by atoms with Gasteiger partial charge >= 0.3 is 0 Å². The number of fused-ring (bicyclic) bond motifs is 13. The van der Waals surface area contributed by atoms with Crippen LogP contribution in [0, 0.1) is 0 Å². The molecule has 2 aromatic heterocycles. The van der Waals surface area contributed by atoms with Gasteiger partial charge in [0.2, 0.25) is 0 Å². The number of furan rings is 1. The minimum absolute atomic E-state index is 0.890. The van der Waals surface area contributed by atoms with E-state index in [-0.39, 0.29) is 0 Å². The van der Waals surface area contributed by atoms with E-state index in [4.69, 9.17) is 4.42 Å². The number of hydrogen-bond acceptors (Lipinski definition) is 1. The third-order valence-electron chi connectivity index (χ3n) is 7.19. The topological polar surface area (TPSA) is 28.9 Å². The van der Waals surface area contributed by atoms with E-state index in [0.29, 0.717) is 0 Å². The molecule has 0 aliphatic heterocycles. The molecule has 8 aromatic rings. The number of hydrogen-bond donors (Lipinski definition) is 1. The molecule has 0 radical (unpaired) electrons. The van der Waals surface area contributed by atoms with Crippen molar-refractivity contribution in [1.29, 1.82) is 0 Å². The van der Waals surface area contributed by atoms with Crippen molar-refractivity contribution in [3.8, 4) is 11.3 Å². The van der Waals surface area contributed by atoms with Crippen LogP contribution in [-0.2, 0) is 0 Å². The quantitative estimate of drug-likeness (QED) is 0.257. The summed E-state index contributed by atoms with van der Waals surface area (Å²) in [4.78, 5) is 3.82. The summed E-state index contributed by atoms with van der Waals surface area (Å²) in [7, 11) is 0. The molecule has 0 unspecified atom stereocenters. The SMILES string of the molecule is c1ccc(-c2cc3c4ccccc4c4c([nH]c5c6ccccc6c6ccccc6c54)c3o2)cc1. The van der Waals surface area contributed by atoms with Crippen LogP contribution in [0.4, 0.5) is 0 Å². The van der Waals surface area contributed by atoms with E-state index in [1.807, 2.05) is 6.07 Å². The Kier molecular flexibility index (Phi) is 3.42. The highest BCUT2D eigenvalue weighted by molar-refractivity contribution is 6.38. The van der Waals surface area contributed by atoms with Crippen LogP contribution >= 0.6 is 0 Å². The molecule has 0 spiro atoms. The lowest BCUT2D eigenvalue weighted by molar-refractivity contribution is 0.634. The van der Waals surface area contributed by atoms with Gasteiger partial charge in [-0.25, -0.2) is 0 Å². The van der Waals surface area contributed by atoms with Crippen molar-refractivity contribution in [3.05, 3.63) is 109 Å². The fourth-order valence-corrected chi connectivity index (χ4v) is 5.74. The first kappa shape index (κ1) is 17.9. The van der Waals surface area contributed by atoms with Crippen LogP contribution in [0.5, 0.6) is 0 Å². The summed E-state index contributed by atoms with van der Waals surface area (Å²) in [5, 5.41) is 11.1. The molecule has 0 amide bonds. The lowest BCUT2D eigenvalue weighted by Gasteiger charge is -2.08. The minimum Gasteiger partial charge on any atom is -0.454 e. The largest absolute Gasteiger partial charge is 0.454 e. The second-order valence-corrected chi connectivity index (χ2v) is 8.98. The maximum Gasteiger partial charge on any atom is 0.159 e. The number of rotatable bonds is 1. The molecule has 0 atom stereocenters. The third-order valence-corrected chi connectivity index (χ3v) is 7.19. The van der Waals surface area contributed by atoms with Gasteiger partial charge in [-0.05, 0) is 33.0 Å². The highest BCUT2D eigenvalue weighted by Gasteiger charge is 2.20. The zero-order valence-electron chi connectivity index (χ0n) is 18.3. The minimum atomic E-state index is 0.890. The summed E-state index contributed by atoms with van der Waals surface area (Å²) in [6.07, 6.45) is 0. The lowest BCUT2D eigenvalue weighted by atomic mass is 9.94. The van der Waals surface area contributed by atoms with Gasteiger partial charge in [-0.1, -0.05) is 103 Å². The van der Waals surface area contributed by atoms with E-state index in [0.717, 1.165) is 27.8 Å². The Morgan fingerprint density at radius 1 is 0.441 bits per heavy atom. The Labute approximate surface area is 195 Å². The fourth-order valence-electron chi connectivity index (χ4n) is 5.74. The van der Waals surface area contributed by atoms with Crippen molar-refractivity contribution in [3.63, 3.8) is 0 Å². The second kappa shape index (κ2) is 6.49. The van der Waals surface area contributed by atoms with Crippen LogP contribution in [0.15, 0.2) is 114 Å². The summed E-state index contributed by atoms with van der Waals surface area (Å²) in [5.41, 5.74) is 4.23. The smallest absolute Gasteiger partial charge is 0.159 e. The number of aromatic amines is 1. The normalized spacial score (nSPS) is 12.1. The van der Waals surface area contributed by atoms with Crippen molar-refractivity contribution in [2.45, 2.75) is 0 Å². The molecule has 2 heteroatoms. The molecule has 0 bridgehead atoms. The summed E-state index contributed by atoms with van der Waals surface area (Å²) >= 11 is 0. The zero-order valence-corrected chi connectivity index (χ0v) is 18.3. The maximum absolute atomic E-state index is 6.60. The fraction of sp³-hybridized carbons (Fsp3) is 0. The standard InChI is InChI=1S/C32H19NO/c1-2-10-19(11-3-1)27-18-26-22-14-5-8-16-24(22)29-28-23-15-7-4-12-20(23)21-13-6-9-17-25(21)30(28)33-31(29)32(26)34-27/h1-18,33H. The van der Waals surface area contributed by atoms with E-state index < -0.39 is 0 Å². The van der Waals surface area contributed by atoms with Gasteiger partial charge < -0.3 is 9.40 Å². The van der Waals surface area contributed by atoms with E-state index in [9.17, 15) is 0 Å². The van der Waals surface area contributed by atoms with Crippen LogP contribution < -0.4 is 0 Å². The molecule has 6 aromatic carbocycles. The number of nitrogens with one attached hydrogen (secondary N) is 1. The molecule has 2 nitrogen and oxygen atoms in total. The monoisotopic (exact) mass is 433 g/mol. The van der Waals surface area contributed by atoms with Crippen LogP contribution in [0.2, 0.25) is 0 Å². The van der Waals surface area contributed by atoms with E-state index in [2.05, 4.69) is 108 Å². The zero-order chi connectivity index (χ0) is 22.2. The van der Waals surface area contributed by atoms with Crippen molar-refractivity contribution in [2.75, 3.05) is 0 Å². The van der Waals surface area contributed by atoms with Crippen LogP contribution in [0.1, 0.15) is 0 Å². The van der Waals surface area contributed by atoms with Gasteiger partial charge in [0, 0.05) is 27.1 Å². The highest BCUT2D eigenvalue weighted by Crippen LogP contribution is 2.45. The van der Waals surface area contributed by atoms with Gasteiger partial charge in [-0.3, -0.25) is 0 Å². The third kappa shape index (κ3) is 2.24. The summed E-state index contributed by atoms with van der Waals surface area (Å²) in [5.74, 6) is 0.890. The van der Waals surface area contributed by atoms with Gasteiger partial charge in [-0.15, -0.1) is 0 Å². The summed E-state index contributed by atoms with van der Waals surface area (Å²) in [6.45, 7) is 0. The Morgan fingerprint density at radius 3 is 1.62 bits per heavy atom. The summed E-state index contributed by atoms with van der Waals surface area (Å²) in [6, 6.07) is 38.7. The van der Waals surface area contributed by atoms with Gasteiger partial charge in [0.1, 0.15) is 5.76 Å². The first-order chi connectivity index (χ1) is 16.9. The van der Waals surface area contributed by atoms with Gasteiger partial charge in [0.25, 0.3) is 0 Å². The average molecular weight is 434 g/mol. The second-order valence-electron chi connectivity index (χ2n) is 8.98. The molecule has 34 heavy (non-hydrogen) atoms. The van der Waals surface area contributed by atoms with Crippen molar-refractivity contribution >= 4 is 65.1 Å². The number of H-pyrrole nitrogens is 1. The molecule has 0 saturated carbocycles. The number of benzene rings is 6. The van der Waals surface area contributed by atoms with Crippen molar-refractivity contribution in [2.24, 2.45) is 0 Å². The highest BCUT2D eigenvalue weighted by atomic mass is 16.3. The van der Waals surface area contributed by atoms with Gasteiger partial charge in [0.15, 0.2) is 5.58 Å². The Bertz CT molecular complexity index is 2060. The Morgan fingerprint density at radius 2 is 0.941 bits per heavy atom. The Hall–Kier alpha value is -4.56. The molecule has 0 aliphatic rings. The molecule has 0 fully saturated rings. The molecule has 1 N–H and O–H groups in total. The van der Waals surface area contributed by atoms with Gasteiger partial charge in [0.05, 0.1) is 11.0 Å². The molecule has 8 rings (SSSR count). The molecule has 2 heterocycles. The molecule has 0 aliphatic carbocycles. The molecule has 0 saturated heterocycles. The predicted molar refractivity (Wildman–Crippen MR) is 144 cm³/mol. The lowest BCUT2D eigenvalue weighted by Crippen LogP contribution is -1.81. The van der Waals surface area contributed by atoms with Crippen molar-refractivity contribution < 1.29 is 4.42 Å². The van der Waals surface area contributed by atoms with Gasteiger partial charge in [-0.2, -0.15) is 0 Å². The first-order valence-electron chi connectivity index (χ1n) is 11.6. The van der Waals surface area contributed by atoms with E-state index >= 15 is 0 Å². The Balaban J connectivity index is 1.68. The average Bonchev–Trinajstić information content (AvgIpc) is 3.53. The van der Waals surface area contributed by atoms with Crippen LogP contribution in [0.25, 0.3) is 76.4 Å². The summed E-state index contributed by atoms with van der Waals surface area (Å²) < 4.78 is 6.60.